The molecule has 0 spiro atoms. The largest absolute Gasteiger partial charge is 0.456 e. The van der Waals surface area contributed by atoms with Crippen LogP contribution in [0.25, 0.3) is 10.8 Å². The molecule has 2 aromatic carbocycles. The van der Waals surface area contributed by atoms with E-state index < -0.39 is 5.60 Å². The number of carbonyl (C=O) groups excluding carboxylic acids is 1. The van der Waals surface area contributed by atoms with Crippen LogP contribution in [0.1, 0.15) is 45.6 Å². The normalized spacial score (nSPS) is 11.5. The smallest absolute Gasteiger partial charge is 0.333 e. The number of ether oxygens (including phenoxy) is 2. The van der Waals surface area contributed by atoms with Gasteiger partial charge in [-0.05, 0) is 42.2 Å². The first-order valence-corrected chi connectivity index (χ1v) is 8.94. The van der Waals surface area contributed by atoms with Crippen LogP contribution >= 0.6 is 0 Å². The van der Waals surface area contributed by atoms with Gasteiger partial charge in [0.05, 0.1) is 13.2 Å². The van der Waals surface area contributed by atoms with E-state index in [2.05, 4.69) is 36.9 Å². The Morgan fingerprint density at radius 3 is 2.40 bits per heavy atom. The Morgan fingerprint density at radius 1 is 1.08 bits per heavy atom. The van der Waals surface area contributed by atoms with Gasteiger partial charge in [-0.1, -0.05) is 56.8 Å². The molecule has 0 unspecified atom stereocenters. The Morgan fingerprint density at radius 2 is 1.76 bits per heavy atom. The van der Waals surface area contributed by atoms with E-state index in [1.54, 1.807) is 6.92 Å². The third kappa shape index (κ3) is 5.17. The molecule has 0 bridgehead atoms. The zero-order chi connectivity index (χ0) is 18.3. The van der Waals surface area contributed by atoms with Gasteiger partial charge in [0.1, 0.15) is 5.60 Å². The van der Waals surface area contributed by atoms with E-state index in [0.717, 1.165) is 18.4 Å². The van der Waals surface area contributed by atoms with E-state index in [-0.39, 0.29) is 5.97 Å². The molecule has 0 saturated heterocycles. The van der Waals surface area contributed by atoms with Crippen molar-refractivity contribution in [1.29, 1.82) is 0 Å². The lowest BCUT2D eigenvalue weighted by molar-refractivity contribution is -0.158. The molecular weight excluding hydrogens is 312 g/mol. The second kappa shape index (κ2) is 8.82. The lowest BCUT2D eigenvalue weighted by Gasteiger charge is -2.31. The highest BCUT2D eigenvalue weighted by Crippen LogP contribution is 2.26. The average molecular weight is 340 g/mol. The lowest BCUT2D eigenvalue weighted by Crippen LogP contribution is -2.35. The molecule has 3 heteroatoms. The van der Waals surface area contributed by atoms with Crippen LogP contribution in [-0.4, -0.2) is 18.2 Å². The van der Waals surface area contributed by atoms with Gasteiger partial charge in [0, 0.05) is 12.0 Å². The first-order valence-electron chi connectivity index (χ1n) is 8.94. The molecule has 0 aromatic heterocycles. The summed E-state index contributed by atoms with van der Waals surface area (Å²) >= 11 is 0. The Kier molecular flexibility index (Phi) is 6.77. The first kappa shape index (κ1) is 19.2. The van der Waals surface area contributed by atoms with Gasteiger partial charge in [0.15, 0.2) is 0 Å². The molecule has 0 amide bonds. The summed E-state index contributed by atoms with van der Waals surface area (Å²) in [5.74, 6) is -0.321. The number of carbonyl (C=O) groups is 1. The predicted octanol–water partition coefficient (Wildman–Crippen LogP) is 5.42. The van der Waals surface area contributed by atoms with Crippen molar-refractivity contribution in [1.82, 2.24) is 0 Å². The SMILES string of the molecule is C=C(C)C(=O)OC(CC)(CC)CCOCc1ccc2ccccc2c1. The predicted molar refractivity (Wildman–Crippen MR) is 102 cm³/mol. The van der Waals surface area contributed by atoms with Crippen molar-refractivity contribution >= 4 is 16.7 Å². The van der Waals surface area contributed by atoms with Crippen LogP contribution in [0.3, 0.4) is 0 Å². The maximum atomic E-state index is 11.9. The van der Waals surface area contributed by atoms with E-state index in [0.29, 0.717) is 25.2 Å². The number of hydrogen-bond donors (Lipinski definition) is 0. The van der Waals surface area contributed by atoms with E-state index in [4.69, 9.17) is 9.47 Å². The van der Waals surface area contributed by atoms with Crippen LogP contribution in [0.4, 0.5) is 0 Å². The van der Waals surface area contributed by atoms with Crippen molar-refractivity contribution in [2.24, 2.45) is 0 Å². The maximum absolute atomic E-state index is 11.9. The fraction of sp³-hybridized carbons (Fsp3) is 0.409. The minimum atomic E-state index is -0.473. The highest BCUT2D eigenvalue weighted by atomic mass is 16.6. The summed E-state index contributed by atoms with van der Waals surface area (Å²) in [6.45, 7) is 10.5. The molecule has 134 valence electrons. The fourth-order valence-corrected chi connectivity index (χ4v) is 2.86. The Labute approximate surface area is 150 Å². The zero-order valence-electron chi connectivity index (χ0n) is 15.5. The summed E-state index contributed by atoms with van der Waals surface area (Å²) in [4.78, 5) is 11.9. The number of rotatable bonds is 9. The van der Waals surface area contributed by atoms with Gasteiger partial charge >= 0.3 is 5.97 Å². The van der Waals surface area contributed by atoms with E-state index in [1.807, 2.05) is 26.0 Å². The van der Waals surface area contributed by atoms with Crippen LogP contribution in [0.5, 0.6) is 0 Å². The zero-order valence-corrected chi connectivity index (χ0v) is 15.5. The summed E-state index contributed by atoms with van der Waals surface area (Å²) in [5.41, 5.74) is 1.11. The van der Waals surface area contributed by atoms with Gasteiger partial charge < -0.3 is 9.47 Å². The average Bonchev–Trinajstić information content (AvgIpc) is 2.64. The van der Waals surface area contributed by atoms with Crippen molar-refractivity contribution < 1.29 is 14.3 Å². The highest BCUT2D eigenvalue weighted by molar-refractivity contribution is 5.87. The number of esters is 1. The molecule has 0 radical (unpaired) electrons. The first-order chi connectivity index (χ1) is 12.0. The number of hydrogen-bond acceptors (Lipinski definition) is 3. The summed E-state index contributed by atoms with van der Waals surface area (Å²) < 4.78 is 11.5. The van der Waals surface area contributed by atoms with Crippen LogP contribution in [-0.2, 0) is 20.9 Å². The third-order valence-electron chi connectivity index (χ3n) is 4.73. The molecule has 0 fully saturated rings. The van der Waals surface area contributed by atoms with Gasteiger partial charge in [-0.2, -0.15) is 0 Å². The topological polar surface area (TPSA) is 35.5 Å². The Bertz CT molecular complexity index is 729. The molecule has 2 aromatic rings. The van der Waals surface area contributed by atoms with E-state index >= 15 is 0 Å². The second-order valence-corrected chi connectivity index (χ2v) is 6.54. The highest BCUT2D eigenvalue weighted by Gasteiger charge is 2.30. The standard InChI is InChI=1S/C22H28O3/c1-5-22(6-2,25-21(23)17(3)4)13-14-24-16-18-11-12-19-9-7-8-10-20(19)15-18/h7-12,15H,3,5-6,13-14,16H2,1-2,4H3. The molecule has 0 saturated carbocycles. The van der Waals surface area contributed by atoms with Crippen LogP contribution in [0, 0.1) is 0 Å². The van der Waals surface area contributed by atoms with Crippen LogP contribution < -0.4 is 0 Å². The summed E-state index contributed by atoms with van der Waals surface area (Å²) in [7, 11) is 0. The molecule has 0 aliphatic rings. The summed E-state index contributed by atoms with van der Waals surface area (Å²) in [5, 5.41) is 2.45. The molecule has 3 nitrogen and oxygen atoms in total. The van der Waals surface area contributed by atoms with Crippen molar-refractivity contribution in [2.45, 2.75) is 52.2 Å². The third-order valence-corrected chi connectivity index (χ3v) is 4.73. The second-order valence-electron chi connectivity index (χ2n) is 6.54. The Hall–Kier alpha value is -2.13. The molecule has 2 rings (SSSR count). The maximum Gasteiger partial charge on any atom is 0.333 e. The van der Waals surface area contributed by atoms with Crippen molar-refractivity contribution in [3.8, 4) is 0 Å². The van der Waals surface area contributed by atoms with Gasteiger partial charge in [0.2, 0.25) is 0 Å². The number of fused-ring (bicyclic) bond motifs is 1. The van der Waals surface area contributed by atoms with Gasteiger partial charge in [0.25, 0.3) is 0 Å². The molecule has 0 aliphatic carbocycles. The summed E-state index contributed by atoms with van der Waals surface area (Å²) in [6.07, 6.45) is 2.22. The Balaban J connectivity index is 1.90. The minimum absolute atomic E-state index is 0.321. The van der Waals surface area contributed by atoms with Gasteiger partial charge in [-0.15, -0.1) is 0 Å². The van der Waals surface area contributed by atoms with Gasteiger partial charge in [-0.25, -0.2) is 4.79 Å². The molecule has 0 N–H and O–H groups in total. The summed E-state index contributed by atoms with van der Waals surface area (Å²) in [6, 6.07) is 14.7. The number of benzene rings is 2. The van der Waals surface area contributed by atoms with Crippen LogP contribution in [0.15, 0.2) is 54.6 Å². The van der Waals surface area contributed by atoms with E-state index in [1.165, 1.54) is 10.8 Å². The van der Waals surface area contributed by atoms with E-state index in [9.17, 15) is 4.79 Å². The molecule has 0 atom stereocenters. The molecule has 0 aliphatic heterocycles. The van der Waals surface area contributed by atoms with Crippen LogP contribution in [0.2, 0.25) is 0 Å². The van der Waals surface area contributed by atoms with Crippen molar-refractivity contribution in [3.05, 3.63) is 60.2 Å². The fourth-order valence-electron chi connectivity index (χ4n) is 2.86. The minimum Gasteiger partial charge on any atom is -0.456 e. The van der Waals surface area contributed by atoms with Crippen molar-refractivity contribution in [3.63, 3.8) is 0 Å². The van der Waals surface area contributed by atoms with Gasteiger partial charge in [-0.3, -0.25) is 0 Å². The molecule has 0 heterocycles. The lowest BCUT2D eigenvalue weighted by atomic mass is 9.93. The monoisotopic (exact) mass is 340 g/mol. The molecular formula is C22H28O3. The van der Waals surface area contributed by atoms with Crippen molar-refractivity contribution in [2.75, 3.05) is 6.61 Å². The molecule has 25 heavy (non-hydrogen) atoms. The quantitative estimate of drug-likeness (QED) is 0.347.